The summed E-state index contributed by atoms with van der Waals surface area (Å²) in [5.74, 6) is 0.539. The molecule has 7 heteroatoms. The number of hydrogen-bond donors (Lipinski definition) is 0. The van der Waals surface area contributed by atoms with Crippen LogP contribution in [0.25, 0.3) is 0 Å². The van der Waals surface area contributed by atoms with Crippen LogP contribution in [-0.2, 0) is 4.79 Å². The first-order valence-corrected chi connectivity index (χ1v) is 9.28. The molecule has 3 heterocycles. The molecule has 1 aromatic rings. The minimum Gasteiger partial charge on any atom is -0.302 e. The smallest absolute Gasteiger partial charge is 0.302 e. The first-order chi connectivity index (χ1) is 12.8. The maximum Gasteiger partial charge on any atom is 0.328 e. The van der Waals surface area contributed by atoms with E-state index < -0.39 is 12.2 Å². The molecule has 0 N–H and O–H groups in total. The summed E-state index contributed by atoms with van der Waals surface area (Å²) in [5, 5.41) is 0. The van der Waals surface area contributed by atoms with E-state index in [9.17, 15) is 9.59 Å². The van der Waals surface area contributed by atoms with E-state index in [1.165, 1.54) is 10.5 Å². The summed E-state index contributed by atoms with van der Waals surface area (Å²) < 4.78 is 0. The molecule has 1 fully saturated rings. The molecule has 3 aliphatic heterocycles. The molecule has 3 amide bonds. The molecule has 0 radical (unpaired) electrons. The van der Waals surface area contributed by atoms with Crippen LogP contribution in [-0.4, -0.2) is 58.4 Å². The van der Waals surface area contributed by atoms with Crippen molar-refractivity contribution in [2.45, 2.75) is 46.8 Å². The molecule has 4 rings (SSSR count). The molecule has 142 valence electrons. The predicted octanol–water partition coefficient (Wildman–Crippen LogP) is 2.66. The molecule has 0 bridgehead atoms. The lowest BCUT2D eigenvalue weighted by molar-refractivity contribution is -0.136. The van der Waals surface area contributed by atoms with Gasteiger partial charge in [0.05, 0.1) is 5.69 Å². The van der Waals surface area contributed by atoms with Crippen LogP contribution >= 0.6 is 0 Å². The number of allylic oxidation sites excluding steroid dienone is 2. The number of carbonyl (C=O) groups is 2. The molecule has 1 saturated heterocycles. The molecule has 0 spiro atoms. The average molecular weight is 367 g/mol. The Morgan fingerprint density at radius 1 is 1.07 bits per heavy atom. The lowest BCUT2D eigenvalue weighted by atomic mass is 10.1. The zero-order valence-electron chi connectivity index (χ0n) is 16.6. The van der Waals surface area contributed by atoms with Crippen molar-refractivity contribution in [1.29, 1.82) is 0 Å². The van der Waals surface area contributed by atoms with Gasteiger partial charge < -0.3 is 4.90 Å². The summed E-state index contributed by atoms with van der Waals surface area (Å²) in [6, 6.07) is 5.52. The third-order valence-electron chi connectivity index (χ3n) is 5.80. The highest BCUT2D eigenvalue weighted by Crippen LogP contribution is 2.40. The van der Waals surface area contributed by atoms with E-state index in [0.717, 1.165) is 28.6 Å². The van der Waals surface area contributed by atoms with Crippen LogP contribution in [0.15, 0.2) is 34.6 Å². The Hall–Kier alpha value is -2.83. The fraction of sp³-hybridized carbons (Fsp3) is 0.450. The summed E-state index contributed by atoms with van der Waals surface area (Å²) in [7, 11) is 1.72. The number of hydrogen-bond acceptors (Lipinski definition) is 5. The van der Waals surface area contributed by atoms with Gasteiger partial charge >= 0.3 is 6.03 Å². The van der Waals surface area contributed by atoms with Gasteiger partial charge in [-0.25, -0.2) is 9.79 Å². The molecule has 0 saturated carbocycles. The average Bonchev–Trinajstić information content (AvgIpc) is 3.11. The largest absolute Gasteiger partial charge is 0.328 e. The Bertz CT molecular complexity index is 919. The van der Waals surface area contributed by atoms with Crippen molar-refractivity contribution < 1.29 is 9.59 Å². The summed E-state index contributed by atoms with van der Waals surface area (Å²) in [6.45, 7) is 10.4. The number of rotatable bonds is 2. The number of nitrogens with zero attached hydrogens (tertiary/aromatic N) is 5. The lowest BCUT2D eigenvalue weighted by Gasteiger charge is -2.40. The molecular weight excluding hydrogens is 342 g/mol. The number of guanidine groups is 1. The highest BCUT2D eigenvalue weighted by Gasteiger charge is 2.55. The molecular formula is C20H25N5O2. The van der Waals surface area contributed by atoms with Crippen LogP contribution in [0.2, 0.25) is 0 Å². The van der Waals surface area contributed by atoms with Gasteiger partial charge in [-0.15, -0.1) is 0 Å². The van der Waals surface area contributed by atoms with Crippen LogP contribution < -0.4 is 4.90 Å². The van der Waals surface area contributed by atoms with Crippen molar-refractivity contribution in [2.75, 3.05) is 18.5 Å². The van der Waals surface area contributed by atoms with Gasteiger partial charge in [-0.3, -0.25) is 19.5 Å². The number of fused-ring (bicyclic) bond motifs is 3. The first kappa shape index (κ1) is 17.6. The maximum absolute atomic E-state index is 13.1. The zero-order valence-corrected chi connectivity index (χ0v) is 16.6. The number of imide groups is 1. The molecule has 2 unspecified atom stereocenters. The SMILES string of the molecule is CCN1C(=O)C2C(N=C3N(c4ccc(C)cc4C)C(C)=C(C)N32)N(C)C1=O. The summed E-state index contributed by atoms with van der Waals surface area (Å²) >= 11 is 0. The van der Waals surface area contributed by atoms with E-state index in [4.69, 9.17) is 4.99 Å². The van der Waals surface area contributed by atoms with Crippen molar-refractivity contribution in [2.24, 2.45) is 4.99 Å². The van der Waals surface area contributed by atoms with E-state index in [1.54, 1.807) is 11.9 Å². The Balaban J connectivity index is 1.82. The minimum absolute atomic E-state index is 0.182. The van der Waals surface area contributed by atoms with Gasteiger partial charge in [0.2, 0.25) is 5.96 Å². The normalized spacial score (nSPS) is 24.7. The topological polar surface area (TPSA) is 59.5 Å². The maximum atomic E-state index is 13.1. The Labute approximate surface area is 159 Å². The van der Waals surface area contributed by atoms with Crippen molar-refractivity contribution in [1.82, 2.24) is 14.7 Å². The van der Waals surface area contributed by atoms with Gasteiger partial charge in [0.25, 0.3) is 5.91 Å². The number of anilines is 1. The molecule has 1 aromatic carbocycles. The number of aliphatic imine (C=N–C) groups is 1. The number of benzene rings is 1. The van der Waals surface area contributed by atoms with Crippen molar-refractivity contribution in [3.8, 4) is 0 Å². The third-order valence-corrected chi connectivity index (χ3v) is 5.80. The number of aryl methyl sites for hydroxylation is 2. The molecule has 0 aliphatic carbocycles. The van der Waals surface area contributed by atoms with Gasteiger partial charge in [0, 0.05) is 25.0 Å². The number of likely N-dealkylation sites (N-methyl/N-ethyl adjacent to an activating group) is 2. The first-order valence-electron chi connectivity index (χ1n) is 9.28. The summed E-state index contributed by atoms with van der Waals surface area (Å²) in [6.07, 6.45) is -0.501. The van der Waals surface area contributed by atoms with E-state index in [2.05, 4.69) is 36.9 Å². The fourth-order valence-corrected chi connectivity index (χ4v) is 4.25. The second-order valence-corrected chi connectivity index (χ2v) is 7.43. The second-order valence-electron chi connectivity index (χ2n) is 7.43. The Morgan fingerprint density at radius 3 is 2.41 bits per heavy atom. The number of carbonyl (C=O) groups excluding carboxylic acids is 2. The second kappa shape index (κ2) is 5.84. The minimum atomic E-state index is -0.506. The van der Waals surface area contributed by atoms with Crippen molar-refractivity contribution >= 4 is 23.6 Å². The van der Waals surface area contributed by atoms with Crippen molar-refractivity contribution in [3.05, 3.63) is 40.7 Å². The molecule has 2 atom stereocenters. The van der Waals surface area contributed by atoms with Gasteiger partial charge in [-0.1, -0.05) is 17.7 Å². The molecule has 7 nitrogen and oxygen atoms in total. The lowest BCUT2D eigenvalue weighted by Crippen LogP contribution is -2.64. The third kappa shape index (κ3) is 2.23. The summed E-state index contributed by atoms with van der Waals surface area (Å²) in [5.41, 5.74) is 5.44. The monoisotopic (exact) mass is 367 g/mol. The van der Waals surface area contributed by atoms with Crippen LogP contribution in [0, 0.1) is 13.8 Å². The molecule has 27 heavy (non-hydrogen) atoms. The van der Waals surface area contributed by atoms with E-state index in [0.29, 0.717) is 6.54 Å². The Kier molecular flexibility index (Phi) is 3.80. The van der Waals surface area contributed by atoms with E-state index >= 15 is 0 Å². The quantitative estimate of drug-likeness (QED) is 0.806. The van der Waals surface area contributed by atoms with Gasteiger partial charge in [-0.05, 0) is 46.2 Å². The van der Waals surface area contributed by atoms with Crippen LogP contribution in [0.3, 0.4) is 0 Å². The fourth-order valence-electron chi connectivity index (χ4n) is 4.25. The number of amides is 3. The van der Waals surface area contributed by atoms with E-state index in [1.807, 2.05) is 25.7 Å². The van der Waals surface area contributed by atoms with Crippen LogP contribution in [0.5, 0.6) is 0 Å². The molecule has 3 aliphatic rings. The summed E-state index contributed by atoms with van der Waals surface area (Å²) in [4.78, 5) is 37.4. The van der Waals surface area contributed by atoms with Crippen LogP contribution in [0.4, 0.5) is 10.5 Å². The highest BCUT2D eigenvalue weighted by molar-refractivity contribution is 6.10. The van der Waals surface area contributed by atoms with Gasteiger partial charge in [0.1, 0.15) is 0 Å². The zero-order chi connectivity index (χ0) is 19.6. The van der Waals surface area contributed by atoms with Crippen LogP contribution in [0.1, 0.15) is 31.9 Å². The highest BCUT2D eigenvalue weighted by atomic mass is 16.2. The van der Waals surface area contributed by atoms with Crippen molar-refractivity contribution in [3.63, 3.8) is 0 Å². The van der Waals surface area contributed by atoms with Gasteiger partial charge in [-0.2, -0.15) is 0 Å². The molecule has 0 aromatic heterocycles. The van der Waals surface area contributed by atoms with E-state index in [-0.39, 0.29) is 11.9 Å². The standard InChI is InChI=1S/C20H25N5O2/c1-7-23-18(26)16-17(22(6)20(23)27)21-19-24(13(4)14(5)25(16)19)15-9-8-11(2)10-12(15)3/h8-10,16-17H,7H2,1-6H3. The predicted molar refractivity (Wildman–Crippen MR) is 104 cm³/mol. The Morgan fingerprint density at radius 2 is 1.78 bits per heavy atom. The van der Waals surface area contributed by atoms with Gasteiger partial charge in [0.15, 0.2) is 12.2 Å². The number of urea groups is 1.